The average molecular weight is 482 g/mol. The van der Waals surface area contributed by atoms with Gasteiger partial charge in [-0.15, -0.1) is 0 Å². The highest BCUT2D eigenvalue weighted by Gasteiger charge is 2.48. The maximum Gasteiger partial charge on any atom is 0.422 e. The quantitative estimate of drug-likeness (QED) is 0.518. The summed E-state index contributed by atoms with van der Waals surface area (Å²) in [5.41, 5.74) is -0.410. The van der Waals surface area contributed by atoms with Crippen LogP contribution < -0.4 is 10.1 Å². The first kappa shape index (κ1) is 23.4. The van der Waals surface area contributed by atoms with Crippen LogP contribution in [0.15, 0.2) is 42.6 Å². The predicted molar refractivity (Wildman–Crippen MR) is 117 cm³/mol. The Bertz CT molecular complexity index is 1200. The van der Waals surface area contributed by atoms with Crippen molar-refractivity contribution in [3.8, 4) is 5.88 Å². The lowest BCUT2D eigenvalue weighted by Crippen LogP contribution is -2.39. The van der Waals surface area contributed by atoms with Gasteiger partial charge in [-0.3, -0.25) is 4.79 Å². The molecule has 0 saturated heterocycles. The fourth-order valence-electron chi connectivity index (χ4n) is 4.01. The Balaban J connectivity index is 1.51. The minimum Gasteiger partial charge on any atom is -0.468 e. The number of fused-ring (bicyclic) bond motifs is 1. The summed E-state index contributed by atoms with van der Waals surface area (Å²) in [6.07, 6.45) is -1.75. The molecule has 2 aromatic heterocycles. The molecule has 2 N–H and O–H groups in total. The van der Waals surface area contributed by atoms with Crippen molar-refractivity contribution >= 4 is 28.4 Å². The normalized spacial score (nSPS) is 16.9. The molecule has 0 radical (unpaired) electrons. The van der Waals surface area contributed by atoms with E-state index < -0.39 is 29.8 Å². The number of amides is 1. The molecule has 0 bridgehead atoms. The fourth-order valence-corrected chi connectivity index (χ4v) is 4.21. The van der Waals surface area contributed by atoms with Crippen molar-refractivity contribution in [2.24, 2.45) is 7.05 Å². The molecule has 1 aliphatic carbocycles. The van der Waals surface area contributed by atoms with E-state index in [1.54, 1.807) is 13.0 Å². The standard InChI is InChI=1S/C23H23ClF3N3O3/c1-21(32,16-4-3-5-17-15(16)6-9-30(17)2)12-19(31)29-22(7-8-22)18-10-14(24)11-20(28-18)33-13-23(25,26)27/h3-6,9-11,32H,7-8,12-13H2,1-2H3,(H,29,31)/t21-/m1/s1. The SMILES string of the molecule is Cn1ccc2c([C@](C)(O)CC(=O)NC3(c4cc(Cl)cc(OCC(F)(F)F)n4)CC3)cccc21. The molecule has 10 heteroatoms. The third-order valence-corrected chi connectivity index (χ3v) is 6.00. The van der Waals surface area contributed by atoms with Gasteiger partial charge in [0.25, 0.3) is 0 Å². The Labute approximate surface area is 193 Å². The molecule has 1 fully saturated rings. The van der Waals surface area contributed by atoms with Gasteiger partial charge in [0.2, 0.25) is 11.8 Å². The van der Waals surface area contributed by atoms with E-state index in [4.69, 9.17) is 16.3 Å². The number of aryl methyl sites for hydroxylation is 1. The van der Waals surface area contributed by atoms with E-state index >= 15 is 0 Å². The third kappa shape index (κ3) is 5.09. The number of alkyl halides is 3. The molecule has 1 aliphatic rings. The van der Waals surface area contributed by atoms with Crippen molar-refractivity contribution in [1.29, 1.82) is 0 Å². The fraction of sp³-hybridized carbons (Fsp3) is 0.391. The van der Waals surface area contributed by atoms with E-state index in [-0.39, 0.29) is 17.3 Å². The minimum atomic E-state index is -4.51. The minimum absolute atomic E-state index is 0.153. The number of carbonyl (C=O) groups excluding carboxylic acids is 1. The molecule has 3 aromatic rings. The highest BCUT2D eigenvalue weighted by Crippen LogP contribution is 2.46. The van der Waals surface area contributed by atoms with Gasteiger partial charge in [-0.25, -0.2) is 4.98 Å². The number of hydrogen-bond donors (Lipinski definition) is 2. The van der Waals surface area contributed by atoms with Crippen molar-refractivity contribution in [2.45, 2.75) is 43.5 Å². The van der Waals surface area contributed by atoms with Crippen molar-refractivity contribution in [3.05, 3.63) is 58.9 Å². The number of carbonyl (C=O) groups is 1. The highest BCUT2D eigenvalue weighted by atomic mass is 35.5. The van der Waals surface area contributed by atoms with Crippen molar-refractivity contribution in [2.75, 3.05) is 6.61 Å². The summed E-state index contributed by atoms with van der Waals surface area (Å²) in [6, 6.07) is 10.1. The molecule has 1 atom stereocenters. The first-order chi connectivity index (χ1) is 15.4. The first-order valence-electron chi connectivity index (χ1n) is 10.3. The Morgan fingerprint density at radius 1 is 1.30 bits per heavy atom. The Kier molecular flexibility index (Phi) is 5.82. The lowest BCUT2D eigenvalue weighted by Gasteiger charge is -2.26. The zero-order valence-electron chi connectivity index (χ0n) is 18.0. The predicted octanol–water partition coefficient (Wildman–Crippen LogP) is 4.57. The highest BCUT2D eigenvalue weighted by molar-refractivity contribution is 6.30. The molecule has 1 aromatic carbocycles. The van der Waals surface area contributed by atoms with Gasteiger partial charge in [-0.2, -0.15) is 13.2 Å². The molecule has 0 unspecified atom stereocenters. The maximum atomic E-state index is 12.9. The number of aromatic nitrogens is 2. The molecular weight excluding hydrogens is 459 g/mol. The van der Waals surface area contributed by atoms with Crippen LogP contribution >= 0.6 is 11.6 Å². The van der Waals surface area contributed by atoms with Crippen LogP contribution in [0.4, 0.5) is 13.2 Å². The molecule has 176 valence electrons. The monoisotopic (exact) mass is 481 g/mol. The summed E-state index contributed by atoms with van der Waals surface area (Å²) >= 11 is 6.06. The summed E-state index contributed by atoms with van der Waals surface area (Å²) in [6.45, 7) is 0.0850. The molecule has 0 spiro atoms. The van der Waals surface area contributed by atoms with Crippen LogP contribution in [0, 0.1) is 0 Å². The Morgan fingerprint density at radius 2 is 2.03 bits per heavy atom. The number of ether oxygens (including phenoxy) is 1. The zero-order chi connectivity index (χ0) is 24.0. The van der Waals surface area contributed by atoms with Gasteiger partial charge in [0, 0.05) is 35.2 Å². The van der Waals surface area contributed by atoms with Gasteiger partial charge in [-0.05, 0) is 43.5 Å². The Morgan fingerprint density at radius 3 is 2.70 bits per heavy atom. The topological polar surface area (TPSA) is 76.4 Å². The van der Waals surface area contributed by atoms with Crippen LogP contribution in [0.25, 0.3) is 10.9 Å². The van der Waals surface area contributed by atoms with Gasteiger partial charge in [0.1, 0.15) is 0 Å². The number of nitrogens with one attached hydrogen (secondary N) is 1. The number of benzene rings is 1. The van der Waals surface area contributed by atoms with Crippen LogP contribution in [-0.4, -0.2) is 33.3 Å². The molecule has 33 heavy (non-hydrogen) atoms. The lowest BCUT2D eigenvalue weighted by atomic mass is 9.89. The van der Waals surface area contributed by atoms with Crippen LogP contribution in [-0.2, 0) is 23.0 Å². The van der Waals surface area contributed by atoms with Gasteiger partial charge in [0.05, 0.1) is 23.3 Å². The molecule has 2 heterocycles. The van der Waals surface area contributed by atoms with Crippen LogP contribution in [0.5, 0.6) is 5.88 Å². The summed E-state index contributed by atoms with van der Waals surface area (Å²) in [5.74, 6) is -0.678. The van der Waals surface area contributed by atoms with E-state index in [0.29, 0.717) is 24.1 Å². The molecule has 1 amide bonds. The van der Waals surface area contributed by atoms with Crippen LogP contribution in [0.3, 0.4) is 0 Å². The summed E-state index contributed by atoms with van der Waals surface area (Å²) in [5, 5.41) is 15.0. The number of aliphatic hydroxyl groups is 1. The number of halogens is 4. The first-order valence-corrected chi connectivity index (χ1v) is 10.7. The van der Waals surface area contributed by atoms with E-state index in [9.17, 15) is 23.1 Å². The molecular formula is C23H23ClF3N3O3. The number of pyridine rings is 1. The zero-order valence-corrected chi connectivity index (χ0v) is 18.8. The van der Waals surface area contributed by atoms with E-state index in [1.165, 1.54) is 12.1 Å². The second-order valence-corrected chi connectivity index (χ2v) is 9.10. The third-order valence-electron chi connectivity index (χ3n) is 5.78. The van der Waals surface area contributed by atoms with Gasteiger partial charge in [0.15, 0.2) is 6.61 Å². The van der Waals surface area contributed by atoms with E-state index in [0.717, 1.165) is 10.9 Å². The average Bonchev–Trinajstić information content (AvgIpc) is 3.39. The lowest BCUT2D eigenvalue weighted by molar-refractivity contribution is -0.154. The number of rotatable bonds is 7. The summed E-state index contributed by atoms with van der Waals surface area (Å²) < 4.78 is 44.1. The molecule has 4 rings (SSSR count). The molecule has 6 nitrogen and oxygen atoms in total. The van der Waals surface area contributed by atoms with Crippen molar-refractivity contribution < 1.29 is 27.8 Å². The van der Waals surface area contributed by atoms with E-state index in [1.807, 2.05) is 36.0 Å². The second-order valence-electron chi connectivity index (χ2n) is 8.66. The number of nitrogens with zero attached hydrogens (tertiary/aromatic N) is 2. The summed E-state index contributed by atoms with van der Waals surface area (Å²) in [4.78, 5) is 17.0. The molecule has 1 saturated carbocycles. The molecule has 0 aliphatic heterocycles. The number of hydrogen-bond acceptors (Lipinski definition) is 4. The summed E-state index contributed by atoms with van der Waals surface area (Å²) in [7, 11) is 1.90. The smallest absolute Gasteiger partial charge is 0.422 e. The second kappa shape index (κ2) is 8.22. The maximum absolute atomic E-state index is 12.9. The Hall–Kier alpha value is -2.78. The van der Waals surface area contributed by atoms with Crippen LogP contribution in [0.1, 0.15) is 37.4 Å². The van der Waals surface area contributed by atoms with Gasteiger partial charge >= 0.3 is 6.18 Å². The largest absolute Gasteiger partial charge is 0.468 e. The van der Waals surface area contributed by atoms with Crippen molar-refractivity contribution in [3.63, 3.8) is 0 Å². The van der Waals surface area contributed by atoms with Gasteiger partial charge < -0.3 is 19.7 Å². The van der Waals surface area contributed by atoms with Gasteiger partial charge in [-0.1, -0.05) is 23.7 Å². The van der Waals surface area contributed by atoms with Crippen molar-refractivity contribution in [1.82, 2.24) is 14.9 Å². The van der Waals surface area contributed by atoms with Crippen LogP contribution in [0.2, 0.25) is 5.02 Å². The van der Waals surface area contributed by atoms with E-state index in [2.05, 4.69) is 10.3 Å².